The van der Waals surface area contributed by atoms with E-state index in [1.54, 1.807) is 18.2 Å². The number of methoxy groups -OCH3 is 1. The minimum Gasteiger partial charge on any atom is -0.480 e. The van der Waals surface area contributed by atoms with Crippen molar-refractivity contribution >= 4 is 17.7 Å². The number of carbonyl (C=O) groups is 2. The summed E-state index contributed by atoms with van der Waals surface area (Å²) in [4.78, 5) is 27.7. The molecule has 1 N–H and O–H groups in total. The Balaban J connectivity index is 1.29. The molecule has 0 spiro atoms. The maximum Gasteiger partial charge on any atom is 0.341 e. The molecule has 1 aliphatic rings. The van der Waals surface area contributed by atoms with Gasteiger partial charge in [0, 0.05) is 18.8 Å². The molecule has 6 heteroatoms. The van der Waals surface area contributed by atoms with Gasteiger partial charge in [-0.05, 0) is 60.1 Å². The van der Waals surface area contributed by atoms with Crippen LogP contribution in [0.1, 0.15) is 46.0 Å². The van der Waals surface area contributed by atoms with Gasteiger partial charge in [-0.3, -0.25) is 0 Å². The summed E-state index contributed by atoms with van der Waals surface area (Å²) in [5.74, 6) is 0.410. The van der Waals surface area contributed by atoms with Gasteiger partial charge < -0.3 is 19.7 Å². The van der Waals surface area contributed by atoms with Gasteiger partial charge in [-0.2, -0.15) is 0 Å². The van der Waals surface area contributed by atoms with Crippen LogP contribution in [-0.2, 0) is 11.2 Å². The number of benzene rings is 4. The monoisotopic (exact) mass is 534 g/mol. The number of amides is 2. The first-order chi connectivity index (χ1) is 19.6. The average molecular weight is 535 g/mol. The molecule has 0 atom stereocenters. The first-order valence-corrected chi connectivity index (χ1v) is 13.7. The summed E-state index contributed by atoms with van der Waals surface area (Å²) in [6.45, 7) is 1.40. The summed E-state index contributed by atoms with van der Waals surface area (Å²) < 4.78 is 11.5. The van der Waals surface area contributed by atoms with Crippen molar-refractivity contribution in [3.63, 3.8) is 0 Å². The molecule has 2 amide bonds. The number of rotatable bonds is 8. The van der Waals surface area contributed by atoms with Crippen LogP contribution in [0, 0.1) is 5.92 Å². The Hall–Kier alpha value is -4.58. The smallest absolute Gasteiger partial charge is 0.341 e. The van der Waals surface area contributed by atoms with Gasteiger partial charge >= 0.3 is 12.0 Å². The lowest BCUT2D eigenvalue weighted by atomic mass is 9.90. The second-order valence-electron chi connectivity index (χ2n) is 10.1. The van der Waals surface area contributed by atoms with Crippen molar-refractivity contribution in [1.82, 2.24) is 4.90 Å². The summed E-state index contributed by atoms with van der Waals surface area (Å²) in [5, 5.41) is 2.96. The van der Waals surface area contributed by atoms with E-state index in [0.29, 0.717) is 30.4 Å². The van der Waals surface area contributed by atoms with Crippen molar-refractivity contribution in [2.45, 2.75) is 25.4 Å². The molecule has 0 aromatic heterocycles. The van der Waals surface area contributed by atoms with E-state index in [1.807, 2.05) is 71.6 Å². The van der Waals surface area contributed by atoms with Gasteiger partial charge in [0.1, 0.15) is 17.4 Å². The standard InChI is InChI=1S/C34H34N2O4/c1-39-33(37)30-24-29(35-34(38)36-21-19-26(20-22-36)23-25-11-5-2-6-12-25)17-18-31(30)40-32(27-13-7-3-8-14-27)28-15-9-4-10-16-28/h2-18,24,26,32H,19-23H2,1H3,(H,35,38). The maximum absolute atomic E-state index is 13.1. The molecule has 1 fully saturated rings. The lowest BCUT2D eigenvalue weighted by Crippen LogP contribution is -2.41. The summed E-state index contributed by atoms with van der Waals surface area (Å²) in [5.41, 5.74) is 4.01. The number of piperidine rings is 1. The third-order valence-electron chi connectivity index (χ3n) is 7.35. The molecule has 0 radical (unpaired) electrons. The zero-order valence-electron chi connectivity index (χ0n) is 22.7. The molecule has 0 aliphatic carbocycles. The highest BCUT2D eigenvalue weighted by Gasteiger charge is 2.25. The number of nitrogens with zero attached hydrogens (tertiary/aromatic N) is 1. The first-order valence-electron chi connectivity index (χ1n) is 13.7. The normalized spacial score (nSPS) is 13.6. The van der Waals surface area contributed by atoms with Crippen LogP contribution in [0.5, 0.6) is 5.75 Å². The van der Waals surface area contributed by atoms with E-state index in [0.717, 1.165) is 30.4 Å². The molecule has 0 bridgehead atoms. The molecule has 0 unspecified atom stereocenters. The molecule has 40 heavy (non-hydrogen) atoms. The highest BCUT2D eigenvalue weighted by atomic mass is 16.5. The van der Waals surface area contributed by atoms with E-state index in [1.165, 1.54) is 12.7 Å². The van der Waals surface area contributed by atoms with E-state index in [2.05, 4.69) is 29.6 Å². The molecule has 6 nitrogen and oxygen atoms in total. The number of likely N-dealkylation sites (tertiary alicyclic amines) is 1. The third-order valence-corrected chi connectivity index (χ3v) is 7.35. The minimum atomic E-state index is -0.535. The number of anilines is 1. The maximum atomic E-state index is 13.1. The second kappa shape index (κ2) is 13.0. The van der Waals surface area contributed by atoms with Crippen LogP contribution >= 0.6 is 0 Å². The van der Waals surface area contributed by atoms with Crippen LogP contribution in [0.3, 0.4) is 0 Å². The number of hydrogen-bond acceptors (Lipinski definition) is 4. The molecule has 4 aromatic rings. The van der Waals surface area contributed by atoms with Gasteiger partial charge in [-0.1, -0.05) is 91.0 Å². The van der Waals surface area contributed by atoms with Crippen LogP contribution in [0.25, 0.3) is 0 Å². The number of ether oxygens (including phenoxy) is 2. The van der Waals surface area contributed by atoms with E-state index < -0.39 is 12.1 Å². The van der Waals surface area contributed by atoms with Gasteiger partial charge in [-0.25, -0.2) is 9.59 Å². The fraction of sp³-hybridized carbons (Fsp3) is 0.235. The van der Waals surface area contributed by atoms with Gasteiger partial charge in [0.15, 0.2) is 0 Å². The van der Waals surface area contributed by atoms with Crippen LogP contribution in [0.4, 0.5) is 10.5 Å². The molecule has 0 saturated carbocycles. The number of urea groups is 1. The zero-order valence-corrected chi connectivity index (χ0v) is 22.7. The Labute approximate surface area is 235 Å². The Kier molecular flexibility index (Phi) is 8.76. The van der Waals surface area contributed by atoms with Crippen molar-refractivity contribution in [1.29, 1.82) is 0 Å². The van der Waals surface area contributed by atoms with Crippen molar-refractivity contribution in [3.8, 4) is 5.75 Å². The van der Waals surface area contributed by atoms with Gasteiger partial charge in [0.05, 0.1) is 7.11 Å². The molecule has 4 aromatic carbocycles. The molecule has 5 rings (SSSR count). The van der Waals surface area contributed by atoms with Crippen LogP contribution < -0.4 is 10.1 Å². The first kappa shape index (κ1) is 27.0. The predicted molar refractivity (Wildman–Crippen MR) is 157 cm³/mol. The number of carbonyl (C=O) groups excluding carboxylic acids is 2. The molecule has 204 valence electrons. The SMILES string of the molecule is COC(=O)c1cc(NC(=O)N2CCC(Cc3ccccc3)CC2)ccc1OC(c1ccccc1)c1ccccc1. The Morgan fingerprint density at radius 1 is 0.825 bits per heavy atom. The summed E-state index contributed by atoms with van der Waals surface area (Å²) >= 11 is 0. The fourth-order valence-electron chi connectivity index (χ4n) is 5.18. The topological polar surface area (TPSA) is 67.9 Å². The van der Waals surface area contributed by atoms with Crippen molar-refractivity contribution in [3.05, 3.63) is 131 Å². The lowest BCUT2D eigenvalue weighted by Gasteiger charge is -2.32. The van der Waals surface area contributed by atoms with E-state index in [4.69, 9.17) is 9.47 Å². The molecular formula is C34H34N2O4. The summed E-state index contributed by atoms with van der Waals surface area (Å²) in [6, 6.07) is 35.1. The second-order valence-corrected chi connectivity index (χ2v) is 10.1. The highest BCUT2D eigenvalue weighted by molar-refractivity contribution is 5.96. The summed E-state index contributed by atoms with van der Waals surface area (Å²) in [7, 11) is 1.34. The van der Waals surface area contributed by atoms with E-state index >= 15 is 0 Å². The third kappa shape index (κ3) is 6.70. The quantitative estimate of drug-likeness (QED) is 0.244. The number of esters is 1. The van der Waals surface area contributed by atoms with Crippen molar-refractivity contribution in [2.75, 3.05) is 25.5 Å². The molecule has 1 saturated heterocycles. The molecule has 1 heterocycles. The largest absolute Gasteiger partial charge is 0.480 e. The predicted octanol–water partition coefficient (Wildman–Crippen LogP) is 7.13. The average Bonchev–Trinajstić information content (AvgIpc) is 3.01. The van der Waals surface area contributed by atoms with Crippen molar-refractivity contribution in [2.24, 2.45) is 5.92 Å². The van der Waals surface area contributed by atoms with Gasteiger partial charge in [0.2, 0.25) is 0 Å². The van der Waals surface area contributed by atoms with Crippen LogP contribution in [-0.4, -0.2) is 37.1 Å². The number of nitrogens with one attached hydrogen (secondary N) is 1. The lowest BCUT2D eigenvalue weighted by molar-refractivity contribution is 0.0594. The van der Waals surface area contributed by atoms with Gasteiger partial charge in [0.25, 0.3) is 0 Å². The van der Waals surface area contributed by atoms with Crippen LogP contribution in [0.2, 0.25) is 0 Å². The Bertz CT molecular complexity index is 1360. The Morgan fingerprint density at radius 2 is 1.40 bits per heavy atom. The van der Waals surface area contributed by atoms with Gasteiger partial charge in [-0.15, -0.1) is 0 Å². The van der Waals surface area contributed by atoms with Crippen molar-refractivity contribution < 1.29 is 19.1 Å². The molecule has 1 aliphatic heterocycles. The molecular weight excluding hydrogens is 500 g/mol. The van der Waals surface area contributed by atoms with E-state index in [-0.39, 0.29) is 11.6 Å². The van der Waals surface area contributed by atoms with Crippen LogP contribution in [0.15, 0.2) is 109 Å². The minimum absolute atomic E-state index is 0.172. The number of hydrogen-bond donors (Lipinski definition) is 1. The van der Waals surface area contributed by atoms with E-state index in [9.17, 15) is 9.59 Å². The Morgan fingerprint density at radius 3 is 1.98 bits per heavy atom. The highest BCUT2D eigenvalue weighted by Crippen LogP contribution is 2.32. The zero-order chi connectivity index (χ0) is 27.7. The fourth-order valence-corrected chi connectivity index (χ4v) is 5.18. The summed E-state index contributed by atoms with van der Waals surface area (Å²) in [6.07, 6.45) is 2.53.